The molecular weight excluding hydrogens is 414 g/mol. The quantitative estimate of drug-likeness (QED) is 0.416. The van der Waals surface area contributed by atoms with Gasteiger partial charge in [-0.2, -0.15) is 0 Å². The van der Waals surface area contributed by atoms with E-state index < -0.39 is 0 Å². The van der Waals surface area contributed by atoms with E-state index in [2.05, 4.69) is 33.7 Å². The zero-order valence-electron chi connectivity index (χ0n) is 16.6. The molecule has 2 heterocycles. The molecule has 0 bridgehead atoms. The Bertz CT molecular complexity index is 1230. The summed E-state index contributed by atoms with van der Waals surface area (Å²) >= 11 is 3.13. The molecule has 1 aliphatic carbocycles. The number of furan rings is 1. The van der Waals surface area contributed by atoms with Gasteiger partial charge in [0.15, 0.2) is 10.1 Å². The molecule has 2 aromatic heterocycles. The summed E-state index contributed by atoms with van der Waals surface area (Å²) in [6.07, 6.45) is 3.52. The number of nitrogens with zero attached hydrogens (tertiary/aromatic N) is 2. The highest BCUT2D eigenvalue weighted by Crippen LogP contribution is 2.33. The van der Waals surface area contributed by atoms with Gasteiger partial charge in [0.1, 0.15) is 10.6 Å². The number of hydrogen-bond donors (Lipinski definition) is 1. The average molecular weight is 436 g/mol. The van der Waals surface area contributed by atoms with Gasteiger partial charge in [-0.25, -0.2) is 0 Å². The number of carbonyl (C=O) groups excluding carboxylic acids is 1. The lowest BCUT2D eigenvalue weighted by Crippen LogP contribution is -2.23. The Kier molecular flexibility index (Phi) is 5.31. The van der Waals surface area contributed by atoms with Gasteiger partial charge in [0, 0.05) is 23.2 Å². The summed E-state index contributed by atoms with van der Waals surface area (Å²) in [4.78, 5) is 13.0. The fourth-order valence-electron chi connectivity index (χ4n) is 3.89. The molecule has 7 heteroatoms. The molecule has 0 saturated carbocycles. The first-order valence-electron chi connectivity index (χ1n) is 9.99. The van der Waals surface area contributed by atoms with Crippen molar-refractivity contribution in [1.29, 1.82) is 0 Å². The van der Waals surface area contributed by atoms with Crippen LogP contribution in [0.1, 0.15) is 44.2 Å². The first kappa shape index (κ1) is 19.3. The van der Waals surface area contributed by atoms with Crippen molar-refractivity contribution < 1.29 is 9.21 Å². The Morgan fingerprint density at radius 2 is 2.03 bits per heavy atom. The Labute approximate surface area is 182 Å². The molecule has 0 fully saturated rings. The second-order valence-corrected chi connectivity index (χ2v) is 9.82. The first-order chi connectivity index (χ1) is 14.7. The molecular formula is C23H21N3O2S2. The Morgan fingerprint density at radius 1 is 1.17 bits per heavy atom. The molecule has 2 aromatic carbocycles. The highest BCUT2D eigenvalue weighted by Gasteiger charge is 2.21. The molecule has 30 heavy (non-hydrogen) atoms. The number of aryl methyl sites for hydroxylation is 3. The number of benzene rings is 2. The third-order valence-electron chi connectivity index (χ3n) is 5.37. The standard InChI is InChI=1S/C23H21N3O2S2/c1-14-25-26-23(30-14)29-13-19-18-7-2-3-8-20(18)28-21(19)22(27)24-12-15-9-10-16-5-4-6-17(16)11-15/h2-3,7-11H,4-6,12-13H2,1H3,(H,24,27). The number of hydrogen-bond acceptors (Lipinski definition) is 6. The maximum absolute atomic E-state index is 13.0. The number of thioether (sulfide) groups is 1. The molecule has 1 aliphatic rings. The van der Waals surface area contributed by atoms with Crippen molar-refractivity contribution in [2.45, 2.75) is 42.8 Å². The molecule has 0 spiro atoms. The van der Waals surface area contributed by atoms with Crippen LogP contribution >= 0.6 is 23.1 Å². The minimum absolute atomic E-state index is 0.184. The van der Waals surface area contributed by atoms with Crippen molar-refractivity contribution >= 4 is 40.0 Å². The van der Waals surface area contributed by atoms with Gasteiger partial charge in [-0.1, -0.05) is 59.5 Å². The zero-order valence-corrected chi connectivity index (χ0v) is 18.2. The Balaban J connectivity index is 1.36. The van der Waals surface area contributed by atoms with Crippen LogP contribution in [0.2, 0.25) is 0 Å². The fraction of sp³-hybridized carbons (Fsp3) is 0.261. The summed E-state index contributed by atoms with van der Waals surface area (Å²) in [5.41, 5.74) is 5.60. The van der Waals surface area contributed by atoms with E-state index in [1.54, 1.807) is 23.1 Å². The van der Waals surface area contributed by atoms with Crippen molar-refractivity contribution in [2.75, 3.05) is 0 Å². The predicted molar refractivity (Wildman–Crippen MR) is 120 cm³/mol. The number of nitrogens with one attached hydrogen (secondary N) is 1. The smallest absolute Gasteiger partial charge is 0.287 e. The van der Waals surface area contributed by atoms with E-state index in [9.17, 15) is 4.79 Å². The summed E-state index contributed by atoms with van der Waals surface area (Å²) in [5.74, 6) is 0.801. The van der Waals surface area contributed by atoms with Crippen LogP contribution in [0.4, 0.5) is 0 Å². The van der Waals surface area contributed by atoms with Crippen molar-refractivity contribution in [3.05, 3.63) is 75.5 Å². The number of carbonyl (C=O) groups is 1. The molecule has 0 atom stereocenters. The third kappa shape index (κ3) is 3.87. The summed E-state index contributed by atoms with van der Waals surface area (Å²) in [6.45, 7) is 2.43. The van der Waals surface area contributed by atoms with E-state index in [0.29, 0.717) is 18.1 Å². The van der Waals surface area contributed by atoms with Gasteiger partial charge in [-0.05, 0) is 48.9 Å². The van der Waals surface area contributed by atoms with Crippen LogP contribution in [-0.2, 0) is 25.1 Å². The van der Waals surface area contributed by atoms with Crippen LogP contribution in [0.5, 0.6) is 0 Å². The number of amides is 1. The highest BCUT2D eigenvalue weighted by atomic mass is 32.2. The van der Waals surface area contributed by atoms with Gasteiger partial charge in [-0.15, -0.1) is 10.2 Å². The van der Waals surface area contributed by atoms with Crippen molar-refractivity contribution in [3.63, 3.8) is 0 Å². The maximum Gasteiger partial charge on any atom is 0.287 e. The number of aromatic nitrogens is 2. The molecule has 1 amide bonds. The first-order valence-corrected chi connectivity index (χ1v) is 11.8. The van der Waals surface area contributed by atoms with Gasteiger partial charge in [0.05, 0.1) is 0 Å². The minimum atomic E-state index is -0.184. The second-order valence-electron chi connectivity index (χ2n) is 7.42. The van der Waals surface area contributed by atoms with E-state index in [-0.39, 0.29) is 5.91 Å². The molecule has 0 radical (unpaired) electrons. The average Bonchev–Trinajstić information content (AvgIpc) is 3.48. The molecule has 4 aromatic rings. The molecule has 152 valence electrons. The SMILES string of the molecule is Cc1nnc(SCc2c(C(=O)NCc3ccc4c(c3)CCC4)oc3ccccc23)s1. The van der Waals surface area contributed by atoms with Gasteiger partial charge >= 0.3 is 0 Å². The van der Waals surface area contributed by atoms with Crippen molar-refractivity contribution in [2.24, 2.45) is 0 Å². The van der Waals surface area contributed by atoms with E-state index in [0.717, 1.165) is 44.3 Å². The Morgan fingerprint density at radius 3 is 2.90 bits per heavy atom. The lowest BCUT2D eigenvalue weighted by Gasteiger charge is -2.07. The van der Waals surface area contributed by atoms with Crippen molar-refractivity contribution in [1.82, 2.24) is 15.5 Å². The van der Waals surface area contributed by atoms with Crippen LogP contribution in [0.25, 0.3) is 11.0 Å². The molecule has 0 aliphatic heterocycles. The number of rotatable bonds is 6. The van der Waals surface area contributed by atoms with E-state index in [1.165, 1.54) is 17.5 Å². The molecule has 5 rings (SSSR count). The normalized spacial score (nSPS) is 13.0. The maximum atomic E-state index is 13.0. The topological polar surface area (TPSA) is 68.0 Å². The van der Waals surface area contributed by atoms with Gasteiger partial charge in [0.25, 0.3) is 5.91 Å². The molecule has 5 nitrogen and oxygen atoms in total. The highest BCUT2D eigenvalue weighted by molar-refractivity contribution is 8.00. The molecule has 1 N–H and O–H groups in total. The summed E-state index contributed by atoms with van der Waals surface area (Å²) < 4.78 is 6.85. The number of para-hydroxylation sites is 1. The van der Waals surface area contributed by atoms with Crippen LogP contribution in [0.3, 0.4) is 0 Å². The number of fused-ring (bicyclic) bond motifs is 2. The van der Waals surface area contributed by atoms with Crippen LogP contribution < -0.4 is 5.32 Å². The predicted octanol–water partition coefficient (Wildman–Crippen LogP) is 5.30. The fourth-order valence-corrected chi connectivity index (χ4v) is 5.74. The lowest BCUT2D eigenvalue weighted by atomic mass is 10.1. The monoisotopic (exact) mass is 435 g/mol. The van der Waals surface area contributed by atoms with Gasteiger partial charge in [-0.3, -0.25) is 4.79 Å². The van der Waals surface area contributed by atoms with Crippen LogP contribution in [0, 0.1) is 6.92 Å². The van der Waals surface area contributed by atoms with E-state index >= 15 is 0 Å². The van der Waals surface area contributed by atoms with Gasteiger partial charge < -0.3 is 9.73 Å². The van der Waals surface area contributed by atoms with E-state index in [4.69, 9.17) is 4.42 Å². The largest absolute Gasteiger partial charge is 0.451 e. The molecule has 0 unspecified atom stereocenters. The van der Waals surface area contributed by atoms with E-state index in [1.807, 2.05) is 31.2 Å². The lowest BCUT2D eigenvalue weighted by molar-refractivity contribution is 0.0924. The summed E-state index contributed by atoms with van der Waals surface area (Å²) in [7, 11) is 0. The van der Waals surface area contributed by atoms with Gasteiger partial charge in [0.2, 0.25) is 0 Å². The van der Waals surface area contributed by atoms with Crippen molar-refractivity contribution in [3.8, 4) is 0 Å². The Hall–Kier alpha value is -2.64. The summed E-state index contributed by atoms with van der Waals surface area (Å²) in [5, 5.41) is 13.2. The van der Waals surface area contributed by atoms with Crippen LogP contribution in [-0.4, -0.2) is 16.1 Å². The molecule has 0 saturated heterocycles. The zero-order chi connectivity index (χ0) is 20.5. The minimum Gasteiger partial charge on any atom is -0.451 e. The summed E-state index contributed by atoms with van der Waals surface area (Å²) in [6, 6.07) is 14.3. The third-order valence-corrected chi connectivity index (χ3v) is 7.37. The second kappa shape index (κ2) is 8.24. The van der Waals surface area contributed by atoms with Crippen LogP contribution in [0.15, 0.2) is 51.2 Å².